The molecule has 1 aliphatic heterocycles. The van der Waals surface area contributed by atoms with Crippen molar-refractivity contribution in [1.29, 1.82) is 0 Å². The van der Waals surface area contributed by atoms with Gasteiger partial charge >= 0.3 is 0 Å². The first-order chi connectivity index (χ1) is 15.0. The molecule has 1 N–H and O–H groups in total. The fourth-order valence-corrected chi connectivity index (χ4v) is 5.13. The highest BCUT2D eigenvalue weighted by molar-refractivity contribution is 7.86. The van der Waals surface area contributed by atoms with Crippen molar-refractivity contribution in [2.45, 2.75) is 134 Å². The summed E-state index contributed by atoms with van der Waals surface area (Å²) in [6, 6.07) is 1.67. The van der Waals surface area contributed by atoms with Crippen molar-refractivity contribution in [2.75, 3.05) is 0 Å². The number of hydrogen-bond donors (Lipinski definition) is 1. The molecule has 1 aromatic carbocycles. The fourth-order valence-electron chi connectivity index (χ4n) is 4.47. The summed E-state index contributed by atoms with van der Waals surface area (Å²) < 4.78 is 38.6. The first-order valence-electron chi connectivity index (χ1n) is 12.8. The molecule has 0 spiro atoms. The van der Waals surface area contributed by atoms with Crippen molar-refractivity contribution in [3.63, 3.8) is 0 Å². The average Bonchev–Trinajstić information content (AvgIpc) is 3.52. The van der Waals surface area contributed by atoms with Gasteiger partial charge in [0.2, 0.25) is 0 Å². The van der Waals surface area contributed by atoms with Gasteiger partial charge in [-0.1, -0.05) is 104 Å². The molecule has 4 nitrogen and oxygen atoms in total. The first-order valence-corrected chi connectivity index (χ1v) is 14.3. The van der Waals surface area contributed by atoms with Crippen LogP contribution in [0.5, 0.6) is 11.5 Å². The van der Waals surface area contributed by atoms with Gasteiger partial charge in [-0.25, -0.2) is 0 Å². The standard InChI is InChI=1S/C26H44O4S/c1-3-5-7-9-11-13-15-17-19-22-21-24(31(27,28)29)26-25(30-26)23(22)20-18-16-14-12-10-8-6-4-2/h21H,3-20H2,1-2H3,(H,27,28,29). The lowest BCUT2D eigenvalue weighted by molar-refractivity contribution is 0.481. The van der Waals surface area contributed by atoms with Gasteiger partial charge in [0.15, 0.2) is 11.5 Å². The maximum atomic E-state index is 11.7. The molecule has 0 fully saturated rings. The van der Waals surface area contributed by atoms with Gasteiger partial charge in [-0.3, -0.25) is 4.55 Å². The van der Waals surface area contributed by atoms with Gasteiger partial charge in [-0.05, 0) is 37.3 Å². The minimum Gasteiger partial charge on any atom is -0.448 e. The highest BCUT2D eigenvalue weighted by atomic mass is 32.2. The molecule has 0 amide bonds. The Kier molecular flexibility index (Phi) is 12.0. The number of fused-ring (bicyclic) bond motifs is 1. The van der Waals surface area contributed by atoms with Gasteiger partial charge in [0.25, 0.3) is 10.1 Å². The first kappa shape index (κ1) is 26.2. The van der Waals surface area contributed by atoms with E-state index in [2.05, 4.69) is 13.8 Å². The number of aryl methyl sites for hydroxylation is 1. The van der Waals surface area contributed by atoms with Gasteiger partial charge < -0.3 is 4.74 Å². The van der Waals surface area contributed by atoms with Crippen LogP contribution < -0.4 is 4.74 Å². The van der Waals surface area contributed by atoms with Crippen LogP contribution in [0.3, 0.4) is 0 Å². The van der Waals surface area contributed by atoms with Crippen molar-refractivity contribution in [3.8, 4) is 11.5 Å². The zero-order valence-electron chi connectivity index (χ0n) is 19.9. The molecule has 1 aromatic rings. The second-order valence-electron chi connectivity index (χ2n) is 9.20. The lowest BCUT2D eigenvalue weighted by Crippen LogP contribution is -2.00. The summed E-state index contributed by atoms with van der Waals surface area (Å²) >= 11 is 0. The molecule has 0 saturated heterocycles. The van der Waals surface area contributed by atoms with E-state index in [0.717, 1.165) is 31.2 Å². The minimum atomic E-state index is -4.23. The van der Waals surface area contributed by atoms with Crippen molar-refractivity contribution in [1.82, 2.24) is 0 Å². The summed E-state index contributed by atoms with van der Waals surface area (Å²) in [5, 5.41) is 0. The van der Waals surface area contributed by atoms with Crippen molar-refractivity contribution in [3.05, 3.63) is 17.2 Å². The quantitative estimate of drug-likeness (QED) is 0.132. The van der Waals surface area contributed by atoms with E-state index in [1.54, 1.807) is 6.07 Å². The highest BCUT2D eigenvalue weighted by Gasteiger charge is 2.35. The molecule has 0 bridgehead atoms. The Bertz CT molecular complexity index is 755. The van der Waals surface area contributed by atoms with E-state index in [-0.39, 0.29) is 4.90 Å². The summed E-state index contributed by atoms with van der Waals surface area (Å²) in [7, 11) is -4.23. The van der Waals surface area contributed by atoms with Gasteiger partial charge in [-0.2, -0.15) is 8.42 Å². The molecule has 0 unspecified atom stereocenters. The number of benzene rings is 1. The normalized spacial score (nSPS) is 12.6. The minimum absolute atomic E-state index is 0.0447. The van der Waals surface area contributed by atoms with Crippen LogP contribution in [0.1, 0.15) is 128 Å². The molecular formula is C26H44O4S. The van der Waals surface area contributed by atoms with Crippen molar-refractivity contribution >= 4 is 10.1 Å². The Morgan fingerprint density at radius 2 is 1.13 bits per heavy atom. The second-order valence-corrected chi connectivity index (χ2v) is 10.6. The van der Waals surface area contributed by atoms with E-state index in [1.807, 2.05) is 0 Å². The van der Waals surface area contributed by atoms with Crippen LogP contribution in [0.4, 0.5) is 0 Å². The van der Waals surface area contributed by atoms with E-state index in [0.29, 0.717) is 11.5 Å². The van der Waals surface area contributed by atoms with E-state index in [9.17, 15) is 13.0 Å². The zero-order chi connectivity index (χ0) is 22.5. The van der Waals surface area contributed by atoms with E-state index < -0.39 is 10.1 Å². The smallest absolute Gasteiger partial charge is 0.298 e. The zero-order valence-corrected chi connectivity index (χ0v) is 20.7. The van der Waals surface area contributed by atoms with Crippen LogP contribution in [-0.2, 0) is 23.0 Å². The molecule has 1 heterocycles. The maximum Gasteiger partial charge on any atom is 0.298 e. The predicted octanol–water partition coefficient (Wildman–Crippen LogP) is 8.41. The Morgan fingerprint density at radius 3 is 1.61 bits per heavy atom. The van der Waals surface area contributed by atoms with Crippen molar-refractivity contribution < 1.29 is 17.7 Å². The third-order valence-corrected chi connectivity index (χ3v) is 7.28. The molecule has 0 radical (unpaired) electrons. The second kappa shape index (κ2) is 14.2. The largest absolute Gasteiger partial charge is 0.448 e. The molecule has 31 heavy (non-hydrogen) atoms. The van der Waals surface area contributed by atoms with Crippen LogP contribution in [0, 0.1) is 0 Å². The maximum absolute atomic E-state index is 11.7. The molecule has 0 aromatic heterocycles. The number of hydrogen-bond acceptors (Lipinski definition) is 3. The molecule has 5 heteroatoms. The summed E-state index contributed by atoms with van der Waals surface area (Å²) in [6.07, 6.45) is 22.0. The Balaban J connectivity index is 1.83. The topological polar surface area (TPSA) is 66.9 Å². The SMILES string of the molecule is CCCCCCCCCCc1cc(S(=O)(=O)O)c2c(c1CCCCCCCCCC)O2. The molecule has 1 aliphatic rings. The van der Waals surface area contributed by atoms with Crippen LogP contribution in [0.2, 0.25) is 0 Å². The van der Waals surface area contributed by atoms with Crippen LogP contribution >= 0.6 is 0 Å². The van der Waals surface area contributed by atoms with E-state index >= 15 is 0 Å². The average molecular weight is 453 g/mol. The molecule has 178 valence electrons. The van der Waals surface area contributed by atoms with Gasteiger partial charge in [-0.15, -0.1) is 0 Å². The predicted molar refractivity (Wildman–Crippen MR) is 129 cm³/mol. The highest BCUT2D eigenvalue weighted by Crippen LogP contribution is 2.54. The molecule has 0 aliphatic carbocycles. The molecular weight excluding hydrogens is 408 g/mol. The Morgan fingerprint density at radius 1 is 0.677 bits per heavy atom. The monoisotopic (exact) mass is 452 g/mol. The third kappa shape index (κ3) is 9.53. The number of ether oxygens (including phenoxy) is 1. The molecule has 0 saturated carbocycles. The van der Waals surface area contributed by atoms with Crippen LogP contribution in [-0.4, -0.2) is 13.0 Å². The van der Waals surface area contributed by atoms with Crippen LogP contribution in [0.15, 0.2) is 11.0 Å². The molecule has 2 rings (SSSR count). The third-order valence-electron chi connectivity index (χ3n) is 6.42. The molecule has 0 atom stereocenters. The fraction of sp³-hybridized carbons (Fsp3) is 0.769. The number of unbranched alkanes of at least 4 members (excludes halogenated alkanes) is 14. The van der Waals surface area contributed by atoms with E-state index in [4.69, 9.17) is 4.74 Å². The summed E-state index contributed by atoms with van der Waals surface area (Å²) in [5.74, 6) is 1.09. The van der Waals surface area contributed by atoms with Crippen molar-refractivity contribution in [2.24, 2.45) is 0 Å². The summed E-state index contributed by atoms with van der Waals surface area (Å²) in [6.45, 7) is 4.48. The summed E-state index contributed by atoms with van der Waals surface area (Å²) in [4.78, 5) is -0.0447. The van der Waals surface area contributed by atoms with Gasteiger partial charge in [0, 0.05) is 5.56 Å². The van der Waals surface area contributed by atoms with Crippen LogP contribution in [0.25, 0.3) is 0 Å². The Hall–Kier alpha value is -1.07. The van der Waals surface area contributed by atoms with Gasteiger partial charge in [0.1, 0.15) is 4.90 Å². The van der Waals surface area contributed by atoms with Gasteiger partial charge in [0.05, 0.1) is 0 Å². The Labute approximate surface area is 190 Å². The lowest BCUT2D eigenvalue weighted by atomic mass is 9.96. The summed E-state index contributed by atoms with van der Waals surface area (Å²) in [5.41, 5.74) is 2.23. The lowest BCUT2D eigenvalue weighted by Gasteiger charge is -2.09. The number of rotatable bonds is 19. The van der Waals surface area contributed by atoms with E-state index in [1.165, 1.54) is 95.5 Å².